The van der Waals surface area contributed by atoms with E-state index in [0.717, 1.165) is 9.39 Å². The van der Waals surface area contributed by atoms with Crippen molar-refractivity contribution in [3.05, 3.63) is 16.1 Å². The van der Waals surface area contributed by atoms with E-state index in [9.17, 15) is 0 Å². The second-order valence-electron chi connectivity index (χ2n) is 5.70. The molecule has 1 aromatic rings. The minimum Gasteiger partial charge on any atom is -0.356 e. The Morgan fingerprint density at radius 1 is 1.35 bits per heavy atom. The van der Waals surface area contributed by atoms with Gasteiger partial charge in [-0.2, -0.15) is 0 Å². The van der Waals surface area contributed by atoms with Crippen LogP contribution in [0.4, 0.5) is 5.82 Å². The molecule has 3 nitrogen and oxygen atoms in total. The fourth-order valence-electron chi connectivity index (χ4n) is 2.51. The van der Waals surface area contributed by atoms with Gasteiger partial charge in [0, 0.05) is 19.3 Å². The van der Waals surface area contributed by atoms with E-state index in [1.54, 1.807) is 6.33 Å². The standard InChI is InChI=1S/C13H20IN3/c1-13(2)6-4-10(5-7-13)17(3)12-11(14)8-15-9-16-12/h8-10H,4-7H2,1-3H3. The van der Waals surface area contributed by atoms with Crippen molar-refractivity contribution in [2.75, 3.05) is 11.9 Å². The molecule has 17 heavy (non-hydrogen) atoms. The van der Waals surface area contributed by atoms with Gasteiger partial charge in [0.2, 0.25) is 0 Å². The lowest BCUT2D eigenvalue weighted by atomic mass is 9.75. The maximum absolute atomic E-state index is 4.40. The number of halogens is 1. The molecule has 0 N–H and O–H groups in total. The van der Waals surface area contributed by atoms with Gasteiger partial charge in [0.15, 0.2) is 0 Å². The molecule has 0 bridgehead atoms. The molecule has 0 saturated heterocycles. The first-order valence-corrected chi connectivity index (χ1v) is 7.26. The van der Waals surface area contributed by atoms with Crippen LogP contribution in [0.3, 0.4) is 0 Å². The highest BCUT2D eigenvalue weighted by molar-refractivity contribution is 14.1. The lowest BCUT2D eigenvalue weighted by Crippen LogP contribution is -2.38. The summed E-state index contributed by atoms with van der Waals surface area (Å²) < 4.78 is 1.14. The second kappa shape index (κ2) is 5.08. The van der Waals surface area contributed by atoms with Gasteiger partial charge in [0.1, 0.15) is 12.1 Å². The largest absolute Gasteiger partial charge is 0.356 e. The lowest BCUT2D eigenvalue weighted by molar-refractivity contribution is 0.222. The molecular formula is C13H20IN3. The molecule has 2 rings (SSSR count). The Morgan fingerprint density at radius 2 is 2.00 bits per heavy atom. The van der Waals surface area contributed by atoms with Crippen molar-refractivity contribution in [2.45, 2.75) is 45.6 Å². The number of rotatable bonds is 2. The van der Waals surface area contributed by atoms with E-state index in [1.165, 1.54) is 25.7 Å². The van der Waals surface area contributed by atoms with Gasteiger partial charge in [-0.15, -0.1) is 0 Å². The van der Waals surface area contributed by atoms with E-state index in [-0.39, 0.29) is 0 Å². The zero-order valence-corrected chi connectivity index (χ0v) is 12.9. The number of aromatic nitrogens is 2. The highest BCUT2D eigenvalue weighted by Crippen LogP contribution is 2.37. The van der Waals surface area contributed by atoms with Gasteiger partial charge in [0.05, 0.1) is 3.57 Å². The van der Waals surface area contributed by atoms with Crippen molar-refractivity contribution in [1.29, 1.82) is 0 Å². The van der Waals surface area contributed by atoms with Gasteiger partial charge in [-0.05, 0) is 53.7 Å². The minimum atomic E-state index is 0.524. The summed E-state index contributed by atoms with van der Waals surface area (Å²) in [4.78, 5) is 10.8. The smallest absolute Gasteiger partial charge is 0.145 e. The SMILES string of the molecule is CN(c1ncncc1I)C1CCC(C)(C)CC1. The normalized spacial score (nSPS) is 20.2. The zero-order chi connectivity index (χ0) is 12.5. The van der Waals surface area contributed by atoms with E-state index in [0.29, 0.717) is 11.5 Å². The molecule has 1 saturated carbocycles. The third kappa shape index (κ3) is 3.09. The lowest BCUT2D eigenvalue weighted by Gasteiger charge is -2.39. The summed E-state index contributed by atoms with van der Waals surface area (Å²) in [5.41, 5.74) is 0.524. The third-order valence-corrected chi connectivity index (χ3v) is 4.60. The molecule has 4 heteroatoms. The highest BCUT2D eigenvalue weighted by Gasteiger charge is 2.29. The molecule has 1 aromatic heterocycles. The van der Waals surface area contributed by atoms with E-state index < -0.39 is 0 Å². The monoisotopic (exact) mass is 345 g/mol. The van der Waals surface area contributed by atoms with Gasteiger partial charge < -0.3 is 4.90 Å². The van der Waals surface area contributed by atoms with Crippen LogP contribution < -0.4 is 4.90 Å². The molecule has 0 radical (unpaired) electrons. The van der Waals surface area contributed by atoms with Gasteiger partial charge in [-0.25, -0.2) is 9.97 Å². The van der Waals surface area contributed by atoms with Crippen LogP contribution in [0.1, 0.15) is 39.5 Å². The first-order chi connectivity index (χ1) is 7.99. The molecule has 0 amide bonds. The Kier molecular flexibility index (Phi) is 3.90. The Morgan fingerprint density at radius 3 is 2.59 bits per heavy atom. The van der Waals surface area contributed by atoms with Crippen molar-refractivity contribution >= 4 is 28.4 Å². The van der Waals surface area contributed by atoms with E-state index in [1.807, 2.05) is 6.20 Å². The van der Waals surface area contributed by atoms with Crippen LogP contribution in [-0.4, -0.2) is 23.1 Å². The molecule has 1 heterocycles. The van der Waals surface area contributed by atoms with Crippen molar-refractivity contribution in [3.8, 4) is 0 Å². The summed E-state index contributed by atoms with van der Waals surface area (Å²) in [5, 5.41) is 0. The van der Waals surface area contributed by atoms with E-state index >= 15 is 0 Å². The topological polar surface area (TPSA) is 29.0 Å². The molecule has 0 aliphatic heterocycles. The van der Waals surface area contributed by atoms with Crippen LogP contribution in [0.25, 0.3) is 0 Å². The number of nitrogens with zero attached hydrogens (tertiary/aromatic N) is 3. The molecule has 0 aromatic carbocycles. The molecule has 0 spiro atoms. The van der Waals surface area contributed by atoms with Gasteiger partial charge in [-0.1, -0.05) is 13.8 Å². The quantitative estimate of drug-likeness (QED) is 0.769. The molecule has 0 atom stereocenters. The number of anilines is 1. The second-order valence-corrected chi connectivity index (χ2v) is 6.86. The molecule has 1 fully saturated rings. The Bertz CT molecular complexity index is 382. The van der Waals surface area contributed by atoms with Crippen LogP contribution >= 0.6 is 22.6 Å². The summed E-state index contributed by atoms with van der Waals surface area (Å²) in [7, 11) is 2.16. The van der Waals surface area contributed by atoms with Crippen molar-refractivity contribution in [3.63, 3.8) is 0 Å². The van der Waals surface area contributed by atoms with Crippen molar-refractivity contribution in [2.24, 2.45) is 5.41 Å². The molecule has 1 aliphatic rings. The predicted molar refractivity (Wildman–Crippen MR) is 79.2 cm³/mol. The summed E-state index contributed by atoms with van der Waals surface area (Å²) in [6.45, 7) is 4.75. The zero-order valence-electron chi connectivity index (χ0n) is 10.8. The molecule has 94 valence electrons. The summed E-state index contributed by atoms with van der Waals surface area (Å²) in [6.07, 6.45) is 8.67. The average molecular weight is 345 g/mol. The van der Waals surface area contributed by atoms with Crippen LogP contribution in [-0.2, 0) is 0 Å². The third-order valence-electron chi connectivity index (χ3n) is 3.84. The van der Waals surface area contributed by atoms with Gasteiger partial charge in [0.25, 0.3) is 0 Å². The van der Waals surface area contributed by atoms with Crippen LogP contribution in [0, 0.1) is 8.99 Å². The summed E-state index contributed by atoms with van der Waals surface area (Å²) in [5.74, 6) is 1.07. The van der Waals surface area contributed by atoms with Gasteiger partial charge in [-0.3, -0.25) is 0 Å². The van der Waals surface area contributed by atoms with Crippen LogP contribution in [0.5, 0.6) is 0 Å². The van der Waals surface area contributed by atoms with Crippen molar-refractivity contribution in [1.82, 2.24) is 9.97 Å². The first kappa shape index (κ1) is 13.1. The molecule has 0 unspecified atom stereocenters. The van der Waals surface area contributed by atoms with Crippen molar-refractivity contribution < 1.29 is 0 Å². The predicted octanol–water partition coefficient (Wildman–Crippen LogP) is 3.49. The summed E-state index contributed by atoms with van der Waals surface area (Å²) >= 11 is 2.31. The van der Waals surface area contributed by atoms with E-state index in [2.05, 4.69) is 58.4 Å². The minimum absolute atomic E-state index is 0.524. The Hall–Kier alpha value is -0.390. The fraction of sp³-hybridized carbons (Fsp3) is 0.692. The first-order valence-electron chi connectivity index (χ1n) is 6.18. The fourth-order valence-corrected chi connectivity index (χ4v) is 3.19. The molecule has 1 aliphatic carbocycles. The maximum atomic E-state index is 4.40. The Labute approximate surface area is 117 Å². The molecular weight excluding hydrogens is 325 g/mol. The van der Waals surface area contributed by atoms with E-state index in [4.69, 9.17) is 0 Å². The number of hydrogen-bond acceptors (Lipinski definition) is 3. The Balaban J connectivity index is 2.07. The highest BCUT2D eigenvalue weighted by atomic mass is 127. The maximum Gasteiger partial charge on any atom is 0.145 e. The summed E-state index contributed by atoms with van der Waals surface area (Å²) in [6, 6.07) is 0.631. The van der Waals surface area contributed by atoms with Crippen LogP contribution in [0.2, 0.25) is 0 Å². The van der Waals surface area contributed by atoms with Gasteiger partial charge >= 0.3 is 0 Å². The average Bonchev–Trinajstić information content (AvgIpc) is 2.29. The van der Waals surface area contributed by atoms with Crippen LogP contribution in [0.15, 0.2) is 12.5 Å². The number of hydrogen-bond donors (Lipinski definition) is 0.